The Morgan fingerprint density at radius 1 is 1.06 bits per heavy atom. The van der Waals surface area contributed by atoms with Gasteiger partial charge in [0, 0.05) is 5.56 Å². The SMILES string of the molecule is C=CCCc1c(F)c(F)c(OC)c(F)c1F. The summed E-state index contributed by atoms with van der Waals surface area (Å²) in [6.07, 6.45) is 1.47. The van der Waals surface area contributed by atoms with Crippen LogP contribution in [0.2, 0.25) is 0 Å². The zero-order chi connectivity index (χ0) is 12.3. The largest absolute Gasteiger partial charge is 0.491 e. The fourth-order valence-electron chi connectivity index (χ4n) is 1.30. The molecule has 0 saturated carbocycles. The van der Waals surface area contributed by atoms with Crippen molar-refractivity contribution in [2.24, 2.45) is 0 Å². The van der Waals surface area contributed by atoms with Crippen LogP contribution >= 0.6 is 0 Å². The molecule has 0 heterocycles. The zero-order valence-corrected chi connectivity index (χ0v) is 8.62. The molecule has 0 atom stereocenters. The van der Waals surface area contributed by atoms with Crippen molar-refractivity contribution in [3.8, 4) is 5.75 Å². The van der Waals surface area contributed by atoms with E-state index >= 15 is 0 Å². The average Bonchev–Trinajstić information content (AvgIpc) is 2.27. The molecule has 0 radical (unpaired) electrons. The predicted octanol–water partition coefficient (Wildman–Crippen LogP) is 3.37. The van der Waals surface area contributed by atoms with E-state index in [1.54, 1.807) is 0 Å². The first-order valence-electron chi connectivity index (χ1n) is 4.54. The lowest BCUT2D eigenvalue weighted by atomic mass is 10.1. The van der Waals surface area contributed by atoms with Crippen LogP contribution in [0.15, 0.2) is 12.7 Å². The predicted molar refractivity (Wildman–Crippen MR) is 51.3 cm³/mol. The van der Waals surface area contributed by atoms with Crippen LogP contribution in [0.4, 0.5) is 17.6 Å². The van der Waals surface area contributed by atoms with Crippen LogP contribution in [-0.2, 0) is 6.42 Å². The molecule has 88 valence electrons. The standard InChI is InChI=1S/C11H10F4O/c1-3-4-5-6-7(12)9(14)11(16-2)10(15)8(6)13/h3H,1,4-5H2,2H3. The first-order chi connectivity index (χ1) is 7.54. The Morgan fingerprint density at radius 3 is 1.94 bits per heavy atom. The number of allylic oxidation sites excluding steroid dienone is 1. The molecule has 0 aliphatic rings. The second-order valence-electron chi connectivity index (χ2n) is 3.10. The first kappa shape index (κ1) is 12.5. The molecular weight excluding hydrogens is 224 g/mol. The lowest BCUT2D eigenvalue weighted by Gasteiger charge is -2.10. The molecule has 0 unspecified atom stereocenters. The summed E-state index contributed by atoms with van der Waals surface area (Å²) in [5.41, 5.74) is -0.629. The fourth-order valence-corrected chi connectivity index (χ4v) is 1.30. The summed E-state index contributed by atoms with van der Waals surface area (Å²) in [6, 6.07) is 0. The molecule has 0 aliphatic heterocycles. The van der Waals surface area contributed by atoms with E-state index in [2.05, 4.69) is 11.3 Å². The Kier molecular flexibility index (Phi) is 3.93. The van der Waals surface area contributed by atoms with Gasteiger partial charge in [-0.25, -0.2) is 8.78 Å². The fraction of sp³-hybridized carbons (Fsp3) is 0.273. The minimum Gasteiger partial charge on any atom is -0.491 e. The van der Waals surface area contributed by atoms with Crippen LogP contribution in [0.3, 0.4) is 0 Å². The molecule has 0 fully saturated rings. The maximum atomic E-state index is 13.3. The van der Waals surface area contributed by atoms with Gasteiger partial charge in [-0.1, -0.05) is 6.08 Å². The van der Waals surface area contributed by atoms with Crippen molar-refractivity contribution >= 4 is 0 Å². The highest BCUT2D eigenvalue weighted by Crippen LogP contribution is 2.30. The van der Waals surface area contributed by atoms with Crippen LogP contribution < -0.4 is 4.74 Å². The third kappa shape index (κ3) is 2.03. The number of halogens is 4. The quantitative estimate of drug-likeness (QED) is 0.441. The highest BCUT2D eigenvalue weighted by Gasteiger charge is 2.25. The van der Waals surface area contributed by atoms with Gasteiger partial charge >= 0.3 is 0 Å². The van der Waals surface area contributed by atoms with Gasteiger partial charge in [-0.2, -0.15) is 8.78 Å². The Hall–Kier alpha value is -1.52. The lowest BCUT2D eigenvalue weighted by Crippen LogP contribution is -2.06. The molecule has 0 amide bonds. The van der Waals surface area contributed by atoms with E-state index in [0.717, 1.165) is 7.11 Å². The van der Waals surface area contributed by atoms with Gasteiger partial charge in [0.15, 0.2) is 17.4 Å². The van der Waals surface area contributed by atoms with Gasteiger partial charge < -0.3 is 4.74 Å². The Morgan fingerprint density at radius 2 is 1.56 bits per heavy atom. The summed E-state index contributed by atoms with van der Waals surface area (Å²) in [5.74, 6) is -6.91. The summed E-state index contributed by atoms with van der Waals surface area (Å²) >= 11 is 0. The summed E-state index contributed by atoms with van der Waals surface area (Å²) in [7, 11) is 0.934. The second kappa shape index (κ2) is 5.01. The van der Waals surface area contributed by atoms with Gasteiger partial charge in [-0.3, -0.25) is 0 Å². The summed E-state index contributed by atoms with van der Waals surface area (Å²) in [6.45, 7) is 3.36. The number of rotatable bonds is 4. The molecule has 1 aromatic carbocycles. The molecule has 0 N–H and O–H groups in total. The van der Waals surface area contributed by atoms with Crippen LogP contribution in [0.1, 0.15) is 12.0 Å². The van der Waals surface area contributed by atoms with Gasteiger partial charge in [-0.15, -0.1) is 6.58 Å². The van der Waals surface area contributed by atoms with E-state index in [4.69, 9.17) is 0 Å². The monoisotopic (exact) mass is 234 g/mol. The summed E-state index contributed by atoms with van der Waals surface area (Å²) in [5, 5.41) is 0. The third-order valence-corrected chi connectivity index (χ3v) is 2.12. The van der Waals surface area contributed by atoms with E-state index in [0.29, 0.717) is 0 Å². The molecule has 1 aromatic rings. The molecule has 0 saturated heterocycles. The number of benzene rings is 1. The zero-order valence-electron chi connectivity index (χ0n) is 8.62. The van der Waals surface area contributed by atoms with Crippen LogP contribution in [-0.4, -0.2) is 7.11 Å². The Bertz CT molecular complexity index is 386. The van der Waals surface area contributed by atoms with Gasteiger partial charge in [0.1, 0.15) is 0 Å². The van der Waals surface area contributed by atoms with Crippen molar-refractivity contribution in [2.75, 3.05) is 7.11 Å². The van der Waals surface area contributed by atoms with Crippen LogP contribution in [0.5, 0.6) is 5.75 Å². The Labute approximate surface area is 90.3 Å². The Balaban J connectivity index is 3.34. The second-order valence-corrected chi connectivity index (χ2v) is 3.10. The van der Waals surface area contributed by atoms with Crippen molar-refractivity contribution in [1.29, 1.82) is 0 Å². The normalized spacial score (nSPS) is 10.3. The summed E-state index contributed by atoms with van der Waals surface area (Å²) in [4.78, 5) is 0. The van der Waals surface area contributed by atoms with Crippen LogP contribution in [0.25, 0.3) is 0 Å². The van der Waals surface area contributed by atoms with Crippen molar-refractivity contribution in [1.82, 2.24) is 0 Å². The number of methoxy groups -OCH3 is 1. The number of hydrogen-bond acceptors (Lipinski definition) is 1. The molecular formula is C11H10F4O. The van der Waals surface area contributed by atoms with Gasteiger partial charge in [-0.05, 0) is 12.8 Å². The topological polar surface area (TPSA) is 9.23 Å². The molecule has 0 spiro atoms. The maximum Gasteiger partial charge on any atom is 0.204 e. The van der Waals surface area contributed by atoms with E-state index in [1.807, 2.05) is 0 Å². The maximum absolute atomic E-state index is 13.3. The van der Waals surface area contributed by atoms with Crippen molar-refractivity contribution in [2.45, 2.75) is 12.8 Å². The third-order valence-electron chi connectivity index (χ3n) is 2.12. The smallest absolute Gasteiger partial charge is 0.204 e. The van der Waals surface area contributed by atoms with Crippen molar-refractivity contribution in [3.63, 3.8) is 0 Å². The minimum absolute atomic E-state index is 0.154. The molecule has 16 heavy (non-hydrogen) atoms. The molecule has 0 aliphatic carbocycles. The molecule has 1 nitrogen and oxygen atoms in total. The van der Waals surface area contributed by atoms with Gasteiger partial charge in [0.05, 0.1) is 7.11 Å². The summed E-state index contributed by atoms with van der Waals surface area (Å²) < 4.78 is 57.3. The van der Waals surface area contributed by atoms with E-state index < -0.39 is 34.6 Å². The molecule has 0 aromatic heterocycles. The highest BCUT2D eigenvalue weighted by atomic mass is 19.2. The van der Waals surface area contributed by atoms with Gasteiger partial charge in [0.25, 0.3) is 0 Å². The van der Waals surface area contributed by atoms with E-state index in [1.165, 1.54) is 6.08 Å². The van der Waals surface area contributed by atoms with Crippen LogP contribution in [0, 0.1) is 23.3 Å². The highest BCUT2D eigenvalue weighted by molar-refractivity contribution is 5.34. The van der Waals surface area contributed by atoms with Crippen molar-refractivity contribution in [3.05, 3.63) is 41.5 Å². The van der Waals surface area contributed by atoms with Gasteiger partial charge in [0.2, 0.25) is 11.6 Å². The number of ether oxygens (including phenoxy) is 1. The molecule has 0 bridgehead atoms. The van der Waals surface area contributed by atoms with Crippen molar-refractivity contribution < 1.29 is 22.3 Å². The van der Waals surface area contributed by atoms with E-state index in [9.17, 15) is 17.6 Å². The lowest BCUT2D eigenvalue weighted by molar-refractivity contribution is 0.328. The average molecular weight is 234 g/mol. The van der Waals surface area contributed by atoms with E-state index in [-0.39, 0.29) is 12.8 Å². The first-order valence-corrected chi connectivity index (χ1v) is 4.54. The molecule has 5 heteroatoms. The molecule has 1 rings (SSSR count). The number of hydrogen-bond donors (Lipinski definition) is 0. The minimum atomic E-state index is -1.51.